The highest BCUT2D eigenvalue weighted by Gasteiger charge is 2.48. The van der Waals surface area contributed by atoms with Crippen molar-refractivity contribution in [3.8, 4) is 11.6 Å². The minimum absolute atomic E-state index is 0.0471. The van der Waals surface area contributed by atoms with Crippen LogP contribution >= 0.6 is 0 Å². The van der Waals surface area contributed by atoms with Crippen molar-refractivity contribution in [1.82, 2.24) is 29.9 Å². The fraction of sp³-hybridized carbons (Fsp3) is 0.381. The smallest absolute Gasteiger partial charge is 0.416 e. The third-order valence-corrected chi connectivity index (χ3v) is 5.89. The second-order valence-corrected chi connectivity index (χ2v) is 7.98. The fourth-order valence-corrected chi connectivity index (χ4v) is 4.15. The molecule has 0 aromatic carbocycles. The summed E-state index contributed by atoms with van der Waals surface area (Å²) in [5, 5.41) is 8.18. The Labute approximate surface area is 181 Å². The van der Waals surface area contributed by atoms with Crippen LogP contribution in [0.2, 0.25) is 0 Å². The molecule has 2 aliphatic rings. The number of ether oxygens (including phenoxy) is 1. The van der Waals surface area contributed by atoms with E-state index in [4.69, 9.17) is 4.74 Å². The first-order valence-corrected chi connectivity index (χ1v) is 10.2. The van der Waals surface area contributed by atoms with Crippen molar-refractivity contribution < 1.29 is 22.7 Å². The van der Waals surface area contributed by atoms with Gasteiger partial charge in [0.15, 0.2) is 5.69 Å². The van der Waals surface area contributed by atoms with Gasteiger partial charge in [-0.3, -0.25) is 4.79 Å². The Morgan fingerprint density at radius 2 is 1.88 bits per heavy atom. The van der Waals surface area contributed by atoms with Crippen LogP contribution in [-0.4, -0.2) is 55.0 Å². The summed E-state index contributed by atoms with van der Waals surface area (Å²) >= 11 is 0. The van der Waals surface area contributed by atoms with Crippen LogP contribution < -0.4 is 4.74 Å². The van der Waals surface area contributed by atoms with E-state index in [1.54, 1.807) is 17.0 Å². The molecule has 1 aliphatic carbocycles. The molecule has 3 unspecified atom stereocenters. The summed E-state index contributed by atoms with van der Waals surface area (Å²) in [7, 11) is 0. The Morgan fingerprint density at radius 3 is 2.66 bits per heavy atom. The van der Waals surface area contributed by atoms with Gasteiger partial charge in [0.1, 0.15) is 12.3 Å². The lowest BCUT2D eigenvalue weighted by molar-refractivity contribution is -0.137. The van der Waals surface area contributed by atoms with Gasteiger partial charge in [-0.15, -0.1) is 4.80 Å². The largest absolute Gasteiger partial charge is 0.475 e. The highest BCUT2D eigenvalue weighted by molar-refractivity contribution is 5.96. The molecular formula is C21H19F3N6O2. The number of carbonyl (C=O) groups is 1. The van der Waals surface area contributed by atoms with Crippen LogP contribution in [0.4, 0.5) is 13.2 Å². The first-order valence-electron chi connectivity index (χ1n) is 10.2. The van der Waals surface area contributed by atoms with Gasteiger partial charge in [0.25, 0.3) is 5.91 Å². The number of alkyl halides is 3. The van der Waals surface area contributed by atoms with Crippen molar-refractivity contribution in [1.29, 1.82) is 0 Å². The van der Waals surface area contributed by atoms with Crippen molar-refractivity contribution in [3.05, 3.63) is 60.3 Å². The molecule has 2 fully saturated rings. The molecule has 8 nitrogen and oxygen atoms in total. The second kappa shape index (κ2) is 7.88. The van der Waals surface area contributed by atoms with Gasteiger partial charge >= 0.3 is 6.18 Å². The minimum Gasteiger partial charge on any atom is -0.475 e. The standard InChI is InChI=1S/C21H19F3N6O2/c22-21(23,24)15-3-5-25-18(10-15)32-12-16-9-13-8-14(13)11-29(16)20(31)19-17(2-1-4-26-19)30-27-6-7-28-30/h1-7,10,13-14,16H,8-9,11-12H2. The van der Waals surface area contributed by atoms with E-state index in [9.17, 15) is 18.0 Å². The summed E-state index contributed by atoms with van der Waals surface area (Å²) in [5.74, 6) is 0.522. The van der Waals surface area contributed by atoms with Gasteiger partial charge in [-0.25, -0.2) is 9.97 Å². The molecule has 0 spiro atoms. The number of piperidine rings is 1. The highest BCUT2D eigenvalue weighted by atomic mass is 19.4. The lowest BCUT2D eigenvalue weighted by Crippen LogP contribution is -2.48. The third-order valence-electron chi connectivity index (χ3n) is 5.89. The van der Waals surface area contributed by atoms with Crippen molar-refractivity contribution in [2.75, 3.05) is 13.2 Å². The topological polar surface area (TPSA) is 86.0 Å². The van der Waals surface area contributed by atoms with E-state index in [-0.39, 0.29) is 30.1 Å². The lowest BCUT2D eigenvalue weighted by Gasteiger charge is -2.35. The van der Waals surface area contributed by atoms with E-state index in [1.807, 2.05) is 0 Å². The Morgan fingerprint density at radius 1 is 1.06 bits per heavy atom. The van der Waals surface area contributed by atoms with Crippen molar-refractivity contribution in [3.63, 3.8) is 0 Å². The van der Waals surface area contributed by atoms with Crippen molar-refractivity contribution in [2.24, 2.45) is 11.8 Å². The Hall–Kier alpha value is -3.50. The van der Waals surface area contributed by atoms with Gasteiger partial charge < -0.3 is 9.64 Å². The summed E-state index contributed by atoms with van der Waals surface area (Å²) in [5.41, 5.74) is -0.157. The van der Waals surface area contributed by atoms with Crippen molar-refractivity contribution >= 4 is 5.91 Å². The van der Waals surface area contributed by atoms with Gasteiger partial charge in [-0.05, 0) is 42.9 Å². The van der Waals surface area contributed by atoms with Crippen LogP contribution in [-0.2, 0) is 6.18 Å². The number of aromatic nitrogens is 5. The monoisotopic (exact) mass is 444 g/mol. The number of carbonyl (C=O) groups excluding carboxylic acids is 1. The molecule has 1 amide bonds. The zero-order chi connectivity index (χ0) is 22.3. The number of fused-ring (bicyclic) bond motifs is 1. The van der Waals surface area contributed by atoms with Gasteiger partial charge in [-0.2, -0.15) is 23.4 Å². The molecule has 5 rings (SSSR count). The fourth-order valence-electron chi connectivity index (χ4n) is 4.15. The van der Waals surface area contributed by atoms with E-state index < -0.39 is 11.7 Å². The maximum absolute atomic E-state index is 13.5. The maximum Gasteiger partial charge on any atom is 0.416 e. The van der Waals surface area contributed by atoms with Crippen LogP contribution in [0.3, 0.4) is 0 Å². The number of amides is 1. The van der Waals surface area contributed by atoms with E-state index in [0.29, 0.717) is 24.1 Å². The van der Waals surface area contributed by atoms with E-state index in [1.165, 1.54) is 23.4 Å². The summed E-state index contributed by atoms with van der Waals surface area (Å²) in [6, 6.07) is 4.87. The van der Waals surface area contributed by atoms with Crippen LogP contribution in [0, 0.1) is 11.8 Å². The van der Waals surface area contributed by atoms with Crippen LogP contribution in [0.25, 0.3) is 5.69 Å². The average Bonchev–Trinajstić information content (AvgIpc) is 3.33. The molecule has 1 aliphatic heterocycles. The predicted octanol–water partition coefficient (Wildman–Crippen LogP) is 3.01. The molecule has 0 N–H and O–H groups in total. The van der Waals surface area contributed by atoms with E-state index in [2.05, 4.69) is 20.2 Å². The zero-order valence-electron chi connectivity index (χ0n) is 16.8. The summed E-state index contributed by atoms with van der Waals surface area (Å²) in [6.45, 7) is 0.599. The molecule has 0 bridgehead atoms. The predicted molar refractivity (Wildman–Crippen MR) is 105 cm³/mol. The summed E-state index contributed by atoms with van der Waals surface area (Å²) < 4.78 is 44.5. The number of halogens is 3. The average molecular weight is 444 g/mol. The van der Waals surface area contributed by atoms with Crippen LogP contribution in [0.5, 0.6) is 5.88 Å². The first-order chi connectivity index (χ1) is 15.4. The molecule has 4 heterocycles. The first kappa shape index (κ1) is 20.4. The van der Waals surface area contributed by atoms with Gasteiger partial charge in [-0.1, -0.05) is 0 Å². The molecule has 11 heteroatoms. The Bertz CT molecular complexity index is 1120. The number of rotatable bonds is 5. The molecule has 1 saturated carbocycles. The quantitative estimate of drug-likeness (QED) is 0.602. The number of nitrogens with zero attached hydrogens (tertiary/aromatic N) is 6. The lowest BCUT2D eigenvalue weighted by atomic mass is 10.0. The molecule has 3 aromatic rings. The minimum atomic E-state index is -4.48. The van der Waals surface area contributed by atoms with Gasteiger partial charge in [0, 0.05) is 25.0 Å². The van der Waals surface area contributed by atoms with Crippen molar-refractivity contribution in [2.45, 2.75) is 25.1 Å². The number of hydrogen-bond donors (Lipinski definition) is 0. The maximum atomic E-state index is 13.5. The third kappa shape index (κ3) is 4.02. The van der Waals surface area contributed by atoms with Crippen LogP contribution in [0.1, 0.15) is 28.9 Å². The molecule has 0 radical (unpaired) electrons. The van der Waals surface area contributed by atoms with Gasteiger partial charge in [0.2, 0.25) is 5.88 Å². The highest BCUT2D eigenvalue weighted by Crippen LogP contribution is 2.47. The zero-order valence-corrected chi connectivity index (χ0v) is 16.8. The normalized spacial score (nSPS) is 22.3. The molecule has 3 atom stereocenters. The molecule has 1 saturated heterocycles. The number of pyridine rings is 2. The summed E-state index contributed by atoms with van der Waals surface area (Å²) in [6.07, 6.45) is 2.88. The molecule has 166 valence electrons. The SMILES string of the molecule is O=C(c1ncccc1-n1nccn1)N1CC2CC2CC1COc1cc(C(F)(F)F)ccn1. The molecule has 32 heavy (non-hydrogen) atoms. The van der Waals surface area contributed by atoms with Gasteiger partial charge in [0.05, 0.1) is 24.0 Å². The Kier molecular flexibility index (Phi) is 5.03. The summed E-state index contributed by atoms with van der Waals surface area (Å²) in [4.78, 5) is 24.7. The second-order valence-electron chi connectivity index (χ2n) is 7.98. The number of likely N-dealkylation sites (tertiary alicyclic amines) is 1. The van der Waals surface area contributed by atoms with E-state index in [0.717, 1.165) is 31.2 Å². The van der Waals surface area contributed by atoms with Crippen LogP contribution in [0.15, 0.2) is 49.1 Å². The molecule has 3 aromatic heterocycles. The molecular weight excluding hydrogens is 425 g/mol. The van der Waals surface area contributed by atoms with E-state index >= 15 is 0 Å². The number of hydrogen-bond acceptors (Lipinski definition) is 6. The Balaban J connectivity index is 1.36.